The summed E-state index contributed by atoms with van der Waals surface area (Å²) in [5.41, 5.74) is 2.87. The second kappa shape index (κ2) is 8.72. The van der Waals surface area contributed by atoms with Crippen LogP contribution in [0.2, 0.25) is 5.02 Å². The molecule has 4 rings (SSSR count). The number of hydrogen-bond acceptors (Lipinski definition) is 6. The number of amidine groups is 1. The van der Waals surface area contributed by atoms with Crippen LogP contribution in [-0.2, 0) is 9.59 Å². The van der Waals surface area contributed by atoms with Crippen molar-refractivity contribution in [3.8, 4) is 0 Å². The molecule has 0 saturated carbocycles. The number of hydrogen-bond donors (Lipinski definition) is 2. The van der Waals surface area contributed by atoms with Gasteiger partial charge in [-0.2, -0.15) is 0 Å². The van der Waals surface area contributed by atoms with E-state index in [9.17, 15) is 9.59 Å². The SMILES string of the molecule is CC(C)(C)C(=O)Nc1ccc(Cl)c(N=C2NC(=O)/C(=C\c3ccc4nccnc4c3)S2)c1. The first-order valence-corrected chi connectivity index (χ1v) is 11.0. The van der Waals surface area contributed by atoms with Crippen LogP contribution in [0.3, 0.4) is 0 Å². The van der Waals surface area contributed by atoms with E-state index in [0.29, 0.717) is 26.5 Å². The Morgan fingerprint density at radius 3 is 2.62 bits per heavy atom. The number of amides is 2. The van der Waals surface area contributed by atoms with E-state index < -0.39 is 5.41 Å². The topological polar surface area (TPSA) is 96.3 Å². The molecule has 9 heteroatoms. The molecule has 0 spiro atoms. The van der Waals surface area contributed by atoms with Crippen molar-refractivity contribution in [1.29, 1.82) is 0 Å². The summed E-state index contributed by atoms with van der Waals surface area (Å²) in [4.78, 5) is 38.2. The van der Waals surface area contributed by atoms with E-state index in [1.54, 1.807) is 36.7 Å². The molecule has 1 saturated heterocycles. The van der Waals surface area contributed by atoms with Crippen LogP contribution in [0.1, 0.15) is 26.3 Å². The van der Waals surface area contributed by atoms with Crippen molar-refractivity contribution in [3.05, 3.63) is 64.3 Å². The molecule has 7 nitrogen and oxygen atoms in total. The van der Waals surface area contributed by atoms with Crippen molar-refractivity contribution in [2.45, 2.75) is 20.8 Å². The minimum Gasteiger partial charge on any atom is -0.326 e. The van der Waals surface area contributed by atoms with Crippen molar-refractivity contribution < 1.29 is 9.59 Å². The van der Waals surface area contributed by atoms with Crippen molar-refractivity contribution in [2.24, 2.45) is 10.4 Å². The Morgan fingerprint density at radius 1 is 1.12 bits per heavy atom. The van der Waals surface area contributed by atoms with E-state index in [0.717, 1.165) is 16.6 Å². The summed E-state index contributed by atoms with van der Waals surface area (Å²) in [6, 6.07) is 10.7. The number of anilines is 1. The van der Waals surface area contributed by atoms with E-state index in [-0.39, 0.29) is 11.8 Å². The van der Waals surface area contributed by atoms with E-state index in [1.165, 1.54) is 11.8 Å². The summed E-state index contributed by atoms with van der Waals surface area (Å²) in [6.45, 7) is 5.50. The van der Waals surface area contributed by atoms with Gasteiger partial charge in [0.25, 0.3) is 5.91 Å². The third kappa shape index (κ3) is 4.98. The number of thioether (sulfide) groups is 1. The Bertz CT molecular complexity index is 1300. The lowest BCUT2D eigenvalue weighted by atomic mass is 9.95. The van der Waals surface area contributed by atoms with E-state index >= 15 is 0 Å². The fraction of sp³-hybridized carbons (Fsp3) is 0.174. The van der Waals surface area contributed by atoms with Crippen LogP contribution in [-0.4, -0.2) is 26.9 Å². The fourth-order valence-electron chi connectivity index (χ4n) is 2.81. The number of halogens is 1. The maximum Gasteiger partial charge on any atom is 0.264 e. The molecule has 2 N–H and O–H groups in total. The Balaban J connectivity index is 1.57. The van der Waals surface area contributed by atoms with Crippen LogP contribution >= 0.6 is 23.4 Å². The third-order valence-electron chi connectivity index (χ3n) is 4.55. The van der Waals surface area contributed by atoms with Gasteiger partial charge in [-0.1, -0.05) is 38.4 Å². The Labute approximate surface area is 194 Å². The first-order valence-electron chi connectivity index (χ1n) is 9.80. The molecular formula is C23H20ClN5O2S. The highest BCUT2D eigenvalue weighted by Crippen LogP contribution is 2.33. The molecule has 0 aliphatic carbocycles. The van der Waals surface area contributed by atoms with Gasteiger partial charge in [-0.15, -0.1) is 0 Å². The second-order valence-electron chi connectivity index (χ2n) is 8.16. The van der Waals surface area contributed by atoms with Gasteiger partial charge in [-0.25, -0.2) is 4.99 Å². The number of rotatable bonds is 3. The lowest BCUT2D eigenvalue weighted by Crippen LogP contribution is -2.27. The minimum atomic E-state index is -0.533. The Hall–Kier alpha value is -3.23. The molecule has 32 heavy (non-hydrogen) atoms. The second-order valence-corrected chi connectivity index (χ2v) is 9.59. The zero-order valence-electron chi connectivity index (χ0n) is 17.6. The van der Waals surface area contributed by atoms with Gasteiger partial charge in [0.05, 0.1) is 26.6 Å². The van der Waals surface area contributed by atoms with Crippen molar-refractivity contribution in [2.75, 3.05) is 5.32 Å². The maximum absolute atomic E-state index is 12.5. The molecule has 2 amide bonds. The zero-order chi connectivity index (χ0) is 22.9. The van der Waals surface area contributed by atoms with Crippen LogP contribution in [0.5, 0.6) is 0 Å². The molecule has 0 atom stereocenters. The first-order chi connectivity index (χ1) is 15.2. The molecule has 2 aromatic carbocycles. The highest BCUT2D eigenvalue weighted by molar-refractivity contribution is 8.18. The lowest BCUT2D eigenvalue weighted by Gasteiger charge is -2.18. The summed E-state index contributed by atoms with van der Waals surface area (Å²) in [6.07, 6.45) is 5.04. The molecule has 3 aromatic rings. The van der Waals surface area contributed by atoms with Gasteiger partial charge >= 0.3 is 0 Å². The molecule has 2 heterocycles. The first kappa shape index (κ1) is 22.0. The molecule has 1 aromatic heterocycles. The van der Waals surface area contributed by atoms with Crippen molar-refractivity contribution in [3.63, 3.8) is 0 Å². The Morgan fingerprint density at radius 2 is 1.88 bits per heavy atom. The van der Waals surface area contributed by atoms with Gasteiger partial charge in [0.15, 0.2) is 5.17 Å². The smallest absolute Gasteiger partial charge is 0.264 e. The molecule has 162 valence electrons. The normalized spacial score (nSPS) is 16.6. The molecule has 1 aliphatic rings. The molecule has 0 radical (unpaired) electrons. The number of benzene rings is 2. The van der Waals surface area contributed by atoms with E-state index in [4.69, 9.17) is 11.6 Å². The molecule has 0 unspecified atom stereocenters. The number of carbonyl (C=O) groups excluding carboxylic acids is 2. The van der Waals surface area contributed by atoms with Crippen LogP contribution in [0.4, 0.5) is 11.4 Å². The average molecular weight is 466 g/mol. The molecular weight excluding hydrogens is 446 g/mol. The minimum absolute atomic E-state index is 0.118. The van der Waals surface area contributed by atoms with Crippen LogP contribution in [0.25, 0.3) is 17.1 Å². The highest BCUT2D eigenvalue weighted by atomic mass is 35.5. The van der Waals surface area contributed by atoms with Gasteiger partial charge < -0.3 is 10.6 Å². The number of nitrogens with one attached hydrogen (secondary N) is 2. The predicted octanol–water partition coefficient (Wildman–Crippen LogP) is 5.16. The number of carbonyl (C=O) groups is 2. The van der Waals surface area contributed by atoms with Crippen LogP contribution in [0.15, 0.2) is 58.7 Å². The van der Waals surface area contributed by atoms with E-state index in [2.05, 4.69) is 25.6 Å². The summed E-state index contributed by atoms with van der Waals surface area (Å²) in [7, 11) is 0. The summed E-state index contributed by atoms with van der Waals surface area (Å²) >= 11 is 7.50. The molecule has 0 bridgehead atoms. The summed E-state index contributed by atoms with van der Waals surface area (Å²) < 4.78 is 0. The predicted molar refractivity (Wildman–Crippen MR) is 130 cm³/mol. The zero-order valence-corrected chi connectivity index (χ0v) is 19.2. The van der Waals surface area contributed by atoms with Gasteiger partial charge in [-0.05, 0) is 53.7 Å². The molecule has 1 fully saturated rings. The number of aromatic nitrogens is 2. The lowest BCUT2D eigenvalue weighted by molar-refractivity contribution is -0.123. The summed E-state index contributed by atoms with van der Waals surface area (Å²) in [5.74, 6) is -0.367. The fourth-order valence-corrected chi connectivity index (χ4v) is 3.80. The van der Waals surface area contributed by atoms with Gasteiger partial charge in [0, 0.05) is 23.5 Å². The van der Waals surface area contributed by atoms with Crippen molar-refractivity contribution >= 4 is 68.8 Å². The third-order valence-corrected chi connectivity index (χ3v) is 5.78. The van der Waals surface area contributed by atoms with Crippen LogP contribution < -0.4 is 10.6 Å². The largest absolute Gasteiger partial charge is 0.326 e. The highest BCUT2D eigenvalue weighted by Gasteiger charge is 2.25. The monoisotopic (exact) mass is 465 g/mol. The standard InChI is InChI=1S/C23H20ClN5O2S/c1-23(2,3)21(31)27-14-5-6-15(24)17(12-14)28-22-29-20(30)19(32-22)11-13-4-7-16-18(10-13)26-9-8-25-16/h4-12H,1-3H3,(H,27,31)(H,28,29,30)/b19-11+. The van der Waals surface area contributed by atoms with Crippen LogP contribution in [0, 0.1) is 5.41 Å². The average Bonchev–Trinajstić information content (AvgIpc) is 3.08. The quantitative estimate of drug-likeness (QED) is 0.521. The van der Waals surface area contributed by atoms with Gasteiger partial charge in [0.2, 0.25) is 5.91 Å². The number of fused-ring (bicyclic) bond motifs is 1. The number of nitrogens with zero attached hydrogens (tertiary/aromatic N) is 3. The molecule has 1 aliphatic heterocycles. The van der Waals surface area contributed by atoms with Gasteiger partial charge in [0.1, 0.15) is 0 Å². The van der Waals surface area contributed by atoms with Crippen molar-refractivity contribution in [1.82, 2.24) is 15.3 Å². The number of aliphatic imine (C=N–C) groups is 1. The van der Waals surface area contributed by atoms with E-state index in [1.807, 2.05) is 39.0 Å². The van der Waals surface area contributed by atoms with Gasteiger partial charge in [-0.3, -0.25) is 19.6 Å². The Kier molecular flexibility index (Phi) is 5.99. The maximum atomic E-state index is 12.5. The summed E-state index contributed by atoms with van der Waals surface area (Å²) in [5, 5.41) is 6.42.